The van der Waals surface area contributed by atoms with Gasteiger partial charge in [0, 0.05) is 48.9 Å². The van der Waals surface area contributed by atoms with Crippen molar-refractivity contribution in [2.75, 3.05) is 37.0 Å². The second-order valence-electron chi connectivity index (χ2n) is 9.47. The van der Waals surface area contributed by atoms with Crippen molar-refractivity contribution in [3.05, 3.63) is 47.5 Å². The topological polar surface area (TPSA) is 121 Å². The van der Waals surface area contributed by atoms with E-state index in [1.807, 2.05) is 13.0 Å². The molecular weight excluding hydrogens is 468 g/mol. The van der Waals surface area contributed by atoms with Crippen molar-refractivity contribution in [1.82, 2.24) is 19.7 Å². The van der Waals surface area contributed by atoms with Crippen LogP contribution in [-0.2, 0) is 16.7 Å². The molecule has 0 unspecified atom stereocenters. The van der Waals surface area contributed by atoms with E-state index in [1.165, 1.54) is 11.0 Å². The SMILES string of the molecule is C[C@]1(CO)CNc2c(C#N)cc(-c3cc(Nc4cn(CC(F)F)nc4C4CCOCC4)ncn3)cc21. The number of nitrogens with zero attached hydrogens (tertiary/aromatic N) is 5. The number of nitrogens with one attached hydrogen (secondary N) is 2. The minimum Gasteiger partial charge on any atom is -0.395 e. The molecule has 1 saturated heterocycles. The number of halogens is 2. The van der Waals surface area contributed by atoms with Gasteiger partial charge in [-0.2, -0.15) is 10.4 Å². The third-order valence-electron chi connectivity index (χ3n) is 6.86. The highest BCUT2D eigenvalue weighted by Crippen LogP contribution is 2.41. The number of nitriles is 1. The molecule has 9 nitrogen and oxygen atoms in total. The number of rotatable bonds is 7. The average molecular weight is 496 g/mol. The van der Waals surface area contributed by atoms with Crippen LogP contribution >= 0.6 is 0 Å². The number of hydrogen-bond acceptors (Lipinski definition) is 8. The van der Waals surface area contributed by atoms with Crippen molar-refractivity contribution in [2.24, 2.45) is 0 Å². The summed E-state index contributed by atoms with van der Waals surface area (Å²) in [6.07, 6.45) is 2.01. The van der Waals surface area contributed by atoms with E-state index in [1.54, 1.807) is 18.3 Å². The summed E-state index contributed by atoms with van der Waals surface area (Å²) in [6.45, 7) is 3.13. The van der Waals surface area contributed by atoms with E-state index < -0.39 is 18.4 Å². The number of alkyl halides is 2. The Bertz CT molecular complexity index is 1300. The van der Waals surface area contributed by atoms with E-state index in [2.05, 4.69) is 31.8 Å². The molecule has 4 heterocycles. The lowest BCUT2D eigenvalue weighted by atomic mass is 9.83. The first kappa shape index (κ1) is 24.1. The fourth-order valence-electron chi connectivity index (χ4n) is 4.83. The second-order valence-corrected chi connectivity index (χ2v) is 9.47. The molecular formula is C25H27F2N7O2. The molecule has 3 aromatic rings. The van der Waals surface area contributed by atoms with Crippen LogP contribution in [0.3, 0.4) is 0 Å². The van der Waals surface area contributed by atoms with Crippen LogP contribution in [0.25, 0.3) is 11.3 Å². The number of fused-ring (bicyclic) bond motifs is 1. The van der Waals surface area contributed by atoms with Gasteiger partial charge in [0.15, 0.2) is 0 Å². The summed E-state index contributed by atoms with van der Waals surface area (Å²) >= 11 is 0. The van der Waals surface area contributed by atoms with Gasteiger partial charge >= 0.3 is 0 Å². The normalized spacial score (nSPS) is 19.7. The molecule has 0 bridgehead atoms. The molecule has 1 fully saturated rings. The van der Waals surface area contributed by atoms with Crippen LogP contribution in [0.15, 0.2) is 30.7 Å². The largest absolute Gasteiger partial charge is 0.395 e. The van der Waals surface area contributed by atoms with Gasteiger partial charge in [0.25, 0.3) is 6.43 Å². The van der Waals surface area contributed by atoms with E-state index in [-0.39, 0.29) is 12.5 Å². The number of ether oxygens (including phenoxy) is 1. The molecule has 3 N–H and O–H groups in total. The Balaban J connectivity index is 1.48. The second kappa shape index (κ2) is 9.79. The maximum atomic E-state index is 13.0. The van der Waals surface area contributed by atoms with Crippen molar-refractivity contribution in [3.8, 4) is 17.3 Å². The Hall–Kier alpha value is -3.62. The fourth-order valence-corrected chi connectivity index (χ4v) is 4.83. The number of aliphatic hydroxyl groups excluding tert-OH is 1. The van der Waals surface area contributed by atoms with Gasteiger partial charge in [-0.3, -0.25) is 4.68 Å². The zero-order valence-corrected chi connectivity index (χ0v) is 19.8. The van der Waals surface area contributed by atoms with Crippen molar-refractivity contribution in [3.63, 3.8) is 0 Å². The van der Waals surface area contributed by atoms with Crippen LogP contribution in [-0.4, -0.2) is 57.6 Å². The summed E-state index contributed by atoms with van der Waals surface area (Å²) in [6, 6.07) is 7.68. The van der Waals surface area contributed by atoms with Gasteiger partial charge in [0.05, 0.1) is 34.9 Å². The summed E-state index contributed by atoms with van der Waals surface area (Å²) < 4.78 is 32.8. The summed E-state index contributed by atoms with van der Waals surface area (Å²) in [5, 5.41) is 30.6. The monoisotopic (exact) mass is 495 g/mol. The first-order valence-corrected chi connectivity index (χ1v) is 11.9. The quantitative estimate of drug-likeness (QED) is 0.453. The third-order valence-corrected chi connectivity index (χ3v) is 6.86. The molecule has 5 rings (SSSR count). The van der Waals surface area contributed by atoms with Crippen molar-refractivity contribution in [1.29, 1.82) is 5.26 Å². The summed E-state index contributed by atoms with van der Waals surface area (Å²) in [7, 11) is 0. The first-order valence-electron chi connectivity index (χ1n) is 11.9. The number of anilines is 3. The Labute approximate surface area is 207 Å². The van der Waals surface area contributed by atoms with Crippen LogP contribution in [0.1, 0.15) is 42.5 Å². The molecule has 1 aromatic carbocycles. The molecule has 2 aliphatic heterocycles. The zero-order valence-electron chi connectivity index (χ0n) is 19.8. The highest BCUT2D eigenvalue weighted by molar-refractivity contribution is 5.77. The van der Waals surface area contributed by atoms with E-state index in [4.69, 9.17) is 4.74 Å². The average Bonchev–Trinajstić information content (AvgIpc) is 3.44. The lowest BCUT2D eigenvalue weighted by Gasteiger charge is -2.22. The molecule has 1 atom stereocenters. The first-order chi connectivity index (χ1) is 17.4. The lowest BCUT2D eigenvalue weighted by molar-refractivity contribution is 0.0840. The molecule has 2 aliphatic rings. The van der Waals surface area contributed by atoms with Gasteiger partial charge in [-0.25, -0.2) is 18.7 Å². The predicted molar refractivity (Wildman–Crippen MR) is 129 cm³/mol. The van der Waals surface area contributed by atoms with E-state index in [9.17, 15) is 19.1 Å². The fraction of sp³-hybridized carbons (Fsp3) is 0.440. The minimum atomic E-state index is -2.51. The molecule has 11 heteroatoms. The molecule has 188 valence electrons. The summed E-state index contributed by atoms with van der Waals surface area (Å²) in [5.41, 5.74) is 4.21. The number of aliphatic hydroxyl groups is 1. The van der Waals surface area contributed by atoms with Crippen LogP contribution in [0.4, 0.5) is 26.0 Å². The molecule has 2 aromatic heterocycles. The summed E-state index contributed by atoms with van der Waals surface area (Å²) in [4.78, 5) is 8.73. The maximum absolute atomic E-state index is 13.0. The lowest BCUT2D eigenvalue weighted by Crippen LogP contribution is -2.28. The van der Waals surface area contributed by atoms with Crippen molar-refractivity contribution >= 4 is 17.2 Å². The molecule has 0 amide bonds. The van der Waals surface area contributed by atoms with Gasteiger partial charge in [-0.1, -0.05) is 6.92 Å². The molecule has 0 saturated carbocycles. The third kappa shape index (κ3) is 4.62. The Kier molecular flexibility index (Phi) is 6.55. The van der Waals surface area contributed by atoms with E-state index in [0.717, 1.165) is 29.7 Å². The maximum Gasteiger partial charge on any atom is 0.257 e. The van der Waals surface area contributed by atoms with Gasteiger partial charge in [0.2, 0.25) is 0 Å². The van der Waals surface area contributed by atoms with Gasteiger partial charge in [-0.15, -0.1) is 0 Å². The van der Waals surface area contributed by atoms with Gasteiger partial charge in [-0.05, 0) is 30.5 Å². The van der Waals surface area contributed by atoms with Crippen molar-refractivity contribution in [2.45, 2.75) is 44.1 Å². The van der Waals surface area contributed by atoms with Crippen LogP contribution in [0.5, 0.6) is 0 Å². The molecule has 0 aliphatic carbocycles. The predicted octanol–water partition coefficient (Wildman–Crippen LogP) is 3.79. The molecule has 0 spiro atoms. The standard InChI is InChI=1S/C25H27F2N7O2/c1-25(13-35)12-29-23-17(9-28)6-16(7-18(23)25)19-8-22(31-14-30-19)32-20-10-34(11-21(26)27)33-24(20)15-2-4-36-5-3-15/h6-8,10,14-15,21,29,35H,2-5,11-13H2,1H3,(H,30,31,32)/t25-/m1/s1. The minimum absolute atomic E-state index is 0.0600. The van der Waals surface area contributed by atoms with Crippen LogP contribution in [0, 0.1) is 11.3 Å². The van der Waals surface area contributed by atoms with Crippen LogP contribution in [0.2, 0.25) is 0 Å². The highest BCUT2D eigenvalue weighted by atomic mass is 19.3. The number of aromatic nitrogens is 4. The Morgan fingerprint density at radius 2 is 2.11 bits per heavy atom. The Morgan fingerprint density at radius 3 is 2.83 bits per heavy atom. The van der Waals surface area contributed by atoms with Crippen molar-refractivity contribution < 1.29 is 18.6 Å². The Morgan fingerprint density at radius 1 is 1.31 bits per heavy atom. The van der Waals surface area contributed by atoms with Crippen LogP contribution < -0.4 is 10.6 Å². The smallest absolute Gasteiger partial charge is 0.257 e. The summed E-state index contributed by atoms with van der Waals surface area (Å²) in [5.74, 6) is 0.576. The van der Waals surface area contributed by atoms with Gasteiger partial charge < -0.3 is 20.5 Å². The molecule has 0 radical (unpaired) electrons. The number of hydrogen-bond donors (Lipinski definition) is 3. The highest BCUT2D eigenvalue weighted by Gasteiger charge is 2.36. The van der Waals surface area contributed by atoms with E-state index in [0.29, 0.717) is 48.2 Å². The zero-order chi connectivity index (χ0) is 25.3. The number of benzene rings is 1. The van der Waals surface area contributed by atoms with E-state index >= 15 is 0 Å². The molecule has 36 heavy (non-hydrogen) atoms. The van der Waals surface area contributed by atoms with Gasteiger partial charge in [0.1, 0.15) is 24.8 Å².